The fraction of sp³-hybridized carbons (Fsp3) is 0.182. The highest BCUT2D eigenvalue weighted by atomic mass is 19.1. The fourth-order valence-electron chi connectivity index (χ4n) is 1.36. The van der Waals surface area contributed by atoms with Crippen molar-refractivity contribution in [2.75, 3.05) is 0 Å². The lowest BCUT2D eigenvalue weighted by atomic mass is 10.1. The minimum Gasteiger partial charge on any atom is -0.294 e. The number of rotatable bonds is 3. The number of halogens is 1. The van der Waals surface area contributed by atoms with Crippen LogP contribution in [0.25, 0.3) is 0 Å². The summed E-state index contributed by atoms with van der Waals surface area (Å²) in [6.07, 6.45) is 1.56. The van der Waals surface area contributed by atoms with Crippen molar-refractivity contribution in [1.29, 1.82) is 0 Å². The molecule has 0 aliphatic carbocycles. The van der Waals surface area contributed by atoms with Crippen molar-refractivity contribution >= 4 is 5.78 Å². The predicted molar refractivity (Wildman–Crippen MR) is 55.4 cm³/mol. The first kappa shape index (κ1) is 10.5. The Hall–Kier alpha value is -2.04. The maximum absolute atomic E-state index is 12.7. The first-order chi connectivity index (χ1) is 7.66. The van der Waals surface area contributed by atoms with Crippen molar-refractivity contribution in [3.63, 3.8) is 0 Å². The Kier molecular flexibility index (Phi) is 2.76. The van der Waals surface area contributed by atoms with Gasteiger partial charge in [0.2, 0.25) is 0 Å². The molecule has 0 N–H and O–H groups in total. The second-order valence-electron chi connectivity index (χ2n) is 3.41. The van der Waals surface area contributed by atoms with Crippen molar-refractivity contribution < 1.29 is 9.18 Å². The zero-order valence-electron chi connectivity index (χ0n) is 8.72. The molecule has 0 amide bonds. The summed E-state index contributed by atoms with van der Waals surface area (Å²) in [4.78, 5) is 15.7. The van der Waals surface area contributed by atoms with Gasteiger partial charge in [0.15, 0.2) is 5.78 Å². The largest absolute Gasteiger partial charge is 0.294 e. The number of aromatic nitrogens is 3. The molecule has 0 unspecified atom stereocenters. The van der Waals surface area contributed by atoms with E-state index in [1.165, 1.54) is 30.6 Å². The van der Waals surface area contributed by atoms with Gasteiger partial charge in [0, 0.05) is 12.6 Å². The fourth-order valence-corrected chi connectivity index (χ4v) is 1.36. The van der Waals surface area contributed by atoms with Crippen molar-refractivity contribution in [2.45, 2.75) is 6.42 Å². The van der Waals surface area contributed by atoms with E-state index in [0.29, 0.717) is 11.4 Å². The third kappa shape index (κ3) is 2.13. The van der Waals surface area contributed by atoms with E-state index in [1.807, 2.05) is 0 Å². The first-order valence-corrected chi connectivity index (χ1v) is 4.78. The number of aryl methyl sites for hydroxylation is 1. The molecule has 0 bridgehead atoms. The van der Waals surface area contributed by atoms with Crippen molar-refractivity contribution in [1.82, 2.24) is 14.8 Å². The standard InChI is InChI=1S/C11H10FN3O/c1-15-11(13-7-14-15)6-10(16)8-2-4-9(12)5-3-8/h2-5,7H,6H2,1H3. The average molecular weight is 219 g/mol. The molecule has 1 aromatic carbocycles. The highest BCUT2D eigenvalue weighted by molar-refractivity contribution is 5.97. The van der Waals surface area contributed by atoms with Crippen LogP contribution in [0, 0.1) is 5.82 Å². The van der Waals surface area contributed by atoms with Crippen LogP contribution < -0.4 is 0 Å². The topological polar surface area (TPSA) is 47.8 Å². The summed E-state index contributed by atoms with van der Waals surface area (Å²) in [6.45, 7) is 0. The van der Waals surface area contributed by atoms with Gasteiger partial charge in [0.1, 0.15) is 18.0 Å². The average Bonchev–Trinajstić information content (AvgIpc) is 2.65. The molecular weight excluding hydrogens is 209 g/mol. The number of nitrogens with zero attached hydrogens (tertiary/aromatic N) is 3. The van der Waals surface area contributed by atoms with Crippen LogP contribution in [0.15, 0.2) is 30.6 Å². The molecule has 82 valence electrons. The van der Waals surface area contributed by atoms with E-state index in [-0.39, 0.29) is 18.0 Å². The van der Waals surface area contributed by atoms with E-state index in [4.69, 9.17) is 0 Å². The lowest BCUT2D eigenvalue weighted by molar-refractivity contribution is 0.0989. The van der Waals surface area contributed by atoms with Gasteiger partial charge in [-0.3, -0.25) is 9.48 Å². The van der Waals surface area contributed by atoms with Crippen LogP contribution in [0.3, 0.4) is 0 Å². The Morgan fingerprint density at radius 1 is 1.38 bits per heavy atom. The van der Waals surface area contributed by atoms with Gasteiger partial charge in [-0.1, -0.05) is 0 Å². The Morgan fingerprint density at radius 3 is 2.62 bits per heavy atom. The third-order valence-corrected chi connectivity index (χ3v) is 2.29. The van der Waals surface area contributed by atoms with Gasteiger partial charge in [-0.05, 0) is 24.3 Å². The Labute approximate surface area is 91.7 Å². The number of carbonyl (C=O) groups excluding carboxylic acids is 1. The highest BCUT2D eigenvalue weighted by Crippen LogP contribution is 2.06. The van der Waals surface area contributed by atoms with Crippen molar-refractivity contribution in [3.05, 3.63) is 47.8 Å². The molecule has 1 aromatic heterocycles. The molecule has 2 aromatic rings. The molecule has 0 aliphatic heterocycles. The van der Waals surface area contributed by atoms with Crippen molar-refractivity contribution in [2.24, 2.45) is 7.05 Å². The maximum atomic E-state index is 12.7. The van der Waals surface area contributed by atoms with Gasteiger partial charge < -0.3 is 0 Å². The molecule has 0 saturated heterocycles. The van der Waals surface area contributed by atoms with Gasteiger partial charge in [0.25, 0.3) is 0 Å². The van der Waals surface area contributed by atoms with Crippen LogP contribution in [0.4, 0.5) is 4.39 Å². The molecule has 1 heterocycles. The summed E-state index contributed by atoms with van der Waals surface area (Å²) >= 11 is 0. The molecule has 16 heavy (non-hydrogen) atoms. The van der Waals surface area contributed by atoms with E-state index >= 15 is 0 Å². The van der Waals surface area contributed by atoms with Gasteiger partial charge in [-0.25, -0.2) is 9.37 Å². The van der Waals surface area contributed by atoms with Crippen molar-refractivity contribution in [3.8, 4) is 0 Å². The minimum atomic E-state index is -0.352. The summed E-state index contributed by atoms with van der Waals surface area (Å²) in [5.41, 5.74) is 0.476. The summed E-state index contributed by atoms with van der Waals surface area (Å²) in [5.74, 6) is 0.139. The lowest BCUT2D eigenvalue weighted by Gasteiger charge is -2.00. The molecule has 4 nitrogen and oxygen atoms in total. The molecule has 2 rings (SSSR count). The number of ketones is 1. The second kappa shape index (κ2) is 4.22. The summed E-state index contributed by atoms with van der Waals surface area (Å²) < 4.78 is 14.2. The number of benzene rings is 1. The normalized spacial score (nSPS) is 10.4. The quantitative estimate of drug-likeness (QED) is 0.733. The molecule has 0 aliphatic rings. The SMILES string of the molecule is Cn1ncnc1CC(=O)c1ccc(F)cc1. The lowest BCUT2D eigenvalue weighted by Crippen LogP contribution is -2.09. The van der Waals surface area contributed by atoms with Crippen LogP contribution in [0.1, 0.15) is 16.2 Å². The van der Waals surface area contributed by atoms with Gasteiger partial charge in [0.05, 0.1) is 6.42 Å². The summed E-state index contributed by atoms with van der Waals surface area (Å²) in [6, 6.07) is 5.47. The highest BCUT2D eigenvalue weighted by Gasteiger charge is 2.10. The number of hydrogen-bond acceptors (Lipinski definition) is 3. The molecule has 5 heteroatoms. The van der Waals surface area contributed by atoms with Gasteiger partial charge in [-0.2, -0.15) is 5.10 Å². The maximum Gasteiger partial charge on any atom is 0.170 e. The zero-order chi connectivity index (χ0) is 11.5. The van der Waals surface area contributed by atoms with E-state index in [2.05, 4.69) is 10.1 Å². The van der Waals surface area contributed by atoms with E-state index in [9.17, 15) is 9.18 Å². The Bertz CT molecular complexity index is 504. The monoisotopic (exact) mass is 219 g/mol. The molecule has 0 saturated carbocycles. The molecule has 0 fully saturated rings. The predicted octanol–water partition coefficient (Wildman–Crippen LogP) is 1.38. The first-order valence-electron chi connectivity index (χ1n) is 4.78. The van der Waals surface area contributed by atoms with Crippen LogP contribution in [-0.2, 0) is 13.5 Å². The summed E-state index contributed by atoms with van der Waals surface area (Å²) in [7, 11) is 1.72. The Morgan fingerprint density at radius 2 is 2.06 bits per heavy atom. The van der Waals surface area contributed by atoms with Gasteiger partial charge in [-0.15, -0.1) is 0 Å². The smallest absolute Gasteiger partial charge is 0.170 e. The Balaban J connectivity index is 2.15. The van der Waals surface area contributed by atoms with Crippen LogP contribution >= 0.6 is 0 Å². The number of hydrogen-bond donors (Lipinski definition) is 0. The van der Waals surface area contributed by atoms with Crippen LogP contribution in [0.5, 0.6) is 0 Å². The molecule has 0 atom stereocenters. The van der Waals surface area contributed by atoms with Gasteiger partial charge >= 0.3 is 0 Å². The van der Waals surface area contributed by atoms with E-state index in [1.54, 1.807) is 11.7 Å². The number of carbonyl (C=O) groups is 1. The van der Waals surface area contributed by atoms with Crippen LogP contribution in [-0.4, -0.2) is 20.5 Å². The van der Waals surface area contributed by atoms with Crippen LogP contribution in [0.2, 0.25) is 0 Å². The molecule has 0 spiro atoms. The minimum absolute atomic E-state index is 0.101. The van der Waals surface area contributed by atoms with E-state index < -0.39 is 0 Å². The summed E-state index contributed by atoms with van der Waals surface area (Å²) in [5, 5.41) is 3.87. The molecule has 0 radical (unpaired) electrons. The third-order valence-electron chi connectivity index (χ3n) is 2.29. The van der Waals surface area contributed by atoms with E-state index in [0.717, 1.165) is 0 Å². The number of Topliss-reactive ketones (excluding diaryl/α,β-unsaturated/α-hetero) is 1. The second-order valence-corrected chi connectivity index (χ2v) is 3.41. The zero-order valence-corrected chi connectivity index (χ0v) is 8.72. The molecular formula is C11H10FN3O.